The molecule has 3 N–H and O–H groups in total. The van der Waals surface area contributed by atoms with Crippen molar-refractivity contribution in [3.8, 4) is 5.75 Å². The number of aromatic hydroxyl groups is 1. The Morgan fingerprint density at radius 3 is 2.62 bits per heavy atom. The number of carboxylic acids is 1. The van der Waals surface area contributed by atoms with Crippen LogP contribution in [0.1, 0.15) is 11.5 Å². The monoisotopic (exact) mass is 243 g/mol. The molecule has 1 aromatic rings. The Labute approximate surface area is 99.7 Å². The van der Waals surface area contributed by atoms with Crippen molar-refractivity contribution in [3.05, 3.63) is 29.8 Å². The first kappa shape index (κ1) is 12.8. The van der Waals surface area contributed by atoms with Crippen molar-refractivity contribution in [1.82, 2.24) is 5.32 Å². The van der Waals surface area contributed by atoms with Gasteiger partial charge in [-0.05, 0) is 11.6 Å². The van der Waals surface area contributed by atoms with Crippen molar-refractivity contribution in [2.75, 3.05) is 13.1 Å². The predicted molar refractivity (Wildman–Crippen MR) is 62.1 cm³/mol. The zero-order chi connectivity index (χ0) is 10.8. The number of phenolic OH excluding ortho intramolecular Hbond substituents is 1. The molecule has 0 amide bonds. The molecule has 1 heterocycles. The molecule has 1 aliphatic rings. The molecule has 88 valence electrons. The lowest BCUT2D eigenvalue weighted by Crippen LogP contribution is -2.21. The van der Waals surface area contributed by atoms with Gasteiger partial charge in [0.2, 0.25) is 0 Å². The van der Waals surface area contributed by atoms with E-state index in [-0.39, 0.29) is 24.1 Å². The number of aliphatic carboxylic acids is 1. The van der Waals surface area contributed by atoms with Crippen molar-refractivity contribution >= 4 is 18.4 Å². The van der Waals surface area contributed by atoms with E-state index in [9.17, 15) is 9.90 Å². The van der Waals surface area contributed by atoms with Crippen molar-refractivity contribution < 1.29 is 15.0 Å². The fourth-order valence-electron chi connectivity index (χ4n) is 2.07. The van der Waals surface area contributed by atoms with E-state index in [0.29, 0.717) is 13.1 Å². The molecule has 0 radical (unpaired) electrons. The molecule has 1 fully saturated rings. The fraction of sp³-hybridized carbons (Fsp3) is 0.364. The number of halogens is 1. The number of nitrogens with one attached hydrogen (secondary N) is 1. The van der Waals surface area contributed by atoms with Crippen LogP contribution in [0.5, 0.6) is 5.75 Å². The molecular formula is C11H14ClNO3. The van der Waals surface area contributed by atoms with E-state index in [0.717, 1.165) is 5.56 Å². The van der Waals surface area contributed by atoms with E-state index < -0.39 is 11.9 Å². The molecule has 0 unspecified atom stereocenters. The highest BCUT2D eigenvalue weighted by Crippen LogP contribution is 2.33. The molecule has 0 aliphatic carbocycles. The molecule has 4 nitrogen and oxygen atoms in total. The molecule has 0 bridgehead atoms. The quantitative estimate of drug-likeness (QED) is 0.730. The van der Waals surface area contributed by atoms with E-state index in [1.807, 2.05) is 6.07 Å². The summed E-state index contributed by atoms with van der Waals surface area (Å²) in [5.74, 6) is -1.22. The van der Waals surface area contributed by atoms with Gasteiger partial charge in [0.05, 0.1) is 5.92 Å². The summed E-state index contributed by atoms with van der Waals surface area (Å²) in [6, 6.07) is 6.92. The number of para-hydroxylation sites is 1. The third-order valence-corrected chi connectivity index (χ3v) is 2.87. The van der Waals surface area contributed by atoms with Gasteiger partial charge in [-0.25, -0.2) is 0 Å². The standard InChI is InChI=1S/C11H13NO3.ClH/c13-10-4-2-1-3-7(10)8-5-12-6-9(8)11(14)15;/h1-4,8-9,12-13H,5-6H2,(H,14,15);1H/t8-,9+;/m1./s1. The predicted octanol–water partition coefficient (Wildman–Crippen LogP) is 1.20. The van der Waals surface area contributed by atoms with E-state index in [1.54, 1.807) is 18.2 Å². The van der Waals surface area contributed by atoms with E-state index in [2.05, 4.69) is 5.32 Å². The van der Waals surface area contributed by atoms with Crippen LogP contribution >= 0.6 is 12.4 Å². The van der Waals surface area contributed by atoms with Crippen LogP contribution in [0.4, 0.5) is 0 Å². The van der Waals surface area contributed by atoms with Crippen LogP contribution in [0.2, 0.25) is 0 Å². The van der Waals surface area contributed by atoms with Crippen LogP contribution in [-0.2, 0) is 4.79 Å². The Kier molecular flexibility index (Phi) is 4.15. The molecule has 0 saturated carbocycles. The van der Waals surface area contributed by atoms with Gasteiger partial charge < -0.3 is 15.5 Å². The third kappa shape index (κ3) is 2.28. The lowest BCUT2D eigenvalue weighted by Gasteiger charge is -2.15. The number of phenols is 1. The molecule has 2 rings (SSSR count). The SMILES string of the molecule is Cl.O=C(O)[C@H]1CNC[C@@H]1c1ccccc1O. The van der Waals surface area contributed by atoms with Gasteiger partial charge in [0, 0.05) is 19.0 Å². The zero-order valence-corrected chi connectivity index (χ0v) is 9.41. The molecule has 2 atom stereocenters. The van der Waals surface area contributed by atoms with Crippen LogP contribution < -0.4 is 5.32 Å². The van der Waals surface area contributed by atoms with Crippen molar-refractivity contribution in [2.24, 2.45) is 5.92 Å². The first-order valence-corrected chi connectivity index (χ1v) is 4.91. The molecule has 1 saturated heterocycles. The minimum atomic E-state index is -0.812. The van der Waals surface area contributed by atoms with E-state index in [4.69, 9.17) is 5.11 Å². The second kappa shape index (κ2) is 5.18. The summed E-state index contributed by atoms with van der Waals surface area (Å²) in [6.45, 7) is 1.07. The van der Waals surface area contributed by atoms with Crippen LogP contribution in [0.15, 0.2) is 24.3 Å². The van der Waals surface area contributed by atoms with Gasteiger partial charge in [-0.15, -0.1) is 12.4 Å². The molecule has 0 spiro atoms. The highest BCUT2D eigenvalue weighted by molar-refractivity contribution is 5.85. The van der Waals surface area contributed by atoms with Crippen molar-refractivity contribution in [1.29, 1.82) is 0 Å². The summed E-state index contributed by atoms with van der Waals surface area (Å²) in [4.78, 5) is 11.0. The summed E-state index contributed by atoms with van der Waals surface area (Å²) in [5, 5.41) is 21.7. The van der Waals surface area contributed by atoms with Gasteiger partial charge in [-0.1, -0.05) is 18.2 Å². The summed E-state index contributed by atoms with van der Waals surface area (Å²) in [7, 11) is 0. The maximum atomic E-state index is 11.0. The van der Waals surface area contributed by atoms with Gasteiger partial charge in [0.1, 0.15) is 5.75 Å². The average molecular weight is 244 g/mol. The molecule has 0 aromatic heterocycles. The summed E-state index contributed by atoms with van der Waals surface area (Å²) in [5.41, 5.74) is 0.718. The molecular weight excluding hydrogens is 230 g/mol. The van der Waals surface area contributed by atoms with Crippen LogP contribution in [-0.4, -0.2) is 29.3 Å². The summed E-state index contributed by atoms with van der Waals surface area (Å²) < 4.78 is 0. The normalized spacial score (nSPS) is 23.8. The Morgan fingerprint density at radius 1 is 1.31 bits per heavy atom. The van der Waals surface area contributed by atoms with E-state index in [1.165, 1.54) is 0 Å². The lowest BCUT2D eigenvalue weighted by atomic mass is 9.88. The average Bonchev–Trinajstić information content (AvgIpc) is 2.67. The fourth-order valence-corrected chi connectivity index (χ4v) is 2.07. The molecule has 1 aliphatic heterocycles. The van der Waals surface area contributed by atoms with Crippen LogP contribution in [0, 0.1) is 5.92 Å². The summed E-state index contributed by atoms with van der Waals surface area (Å²) in [6.07, 6.45) is 0. The number of benzene rings is 1. The Hall–Kier alpha value is -1.26. The second-order valence-electron chi connectivity index (χ2n) is 3.77. The Bertz CT molecular complexity index is 383. The smallest absolute Gasteiger partial charge is 0.308 e. The summed E-state index contributed by atoms with van der Waals surface area (Å²) >= 11 is 0. The molecule has 16 heavy (non-hydrogen) atoms. The van der Waals surface area contributed by atoms with Gasteiger partial charge in [0.25, 0.3) is 0 Å². The topological polar surface area (TPSA) is 69.6 Å². The van der Waals surface area contributed by atoms with Crippen molar-refractivity contribution in [2.45, 2.75) is 5.92 Å². The van der Waals surface area contributed by atoms with Crippen LogP contribution in [0.25, 0.3) is 0 Å². The number of rotatable bonds is 2. The lowest BCUT2D eigenvalue weighted by molar-refractivity contribution is -0.141. The van der Waals surface area contributed by atoms with Gasteiger partial charge in [-0.3, -0.25) is 4.79 Å². The number of hydrogen-bond donors (Lipinski definition) is 3. The van der Waals surface area contributed by atoms with Crippen LogP contribution in [0.3, 0.4) is 0 Å². The first-order valence-electron chi connectivity index (χ1n) is 4.91. The Balaban J connectivity index is 0.00000128. The molecule has 1 aromatic carbocycles. The largest absolute Gasteiger partial charge is 0.508 e. The first-order chi connectivity index (χ1) is 7.20. The maximum absolute atomic E-state index is 11.0. The highest BCUT2D eigenvalue weighted by atomic mass is 35.5. The molecule has 5 heteroatoms. The second-order valence-corrected chi connectivity index (χ2v) is 3.77. The zero-order valence-electron chi connectivity index (χ0n) is 8.59. The minimum absolute atomic E-state index is 0. The van der Waals surface area contributed by atoms with E-state index >= 15 is 0 Å². The van der Waals surface area contributed by atoms with Gasteiger partial charge >= 0.3 is 5.97 Å². The number of carbonyl (C=O) groups is 1. The number of carboxylic acid groups (broad SMARTS) is 1. The maximum Gasteiger partial charge on any atom is 0.308 e. The van der Waals surface area contributed by atoms with Gasteiger partial charge in [-0.2, -0.15) is 0 Å². The Morgan fingerprint density at radius 2 is 2.00 bits per heavy atom. The number of hydrogen-bond acceptors (Lipinski definition) is 3. The van der Waals surface area contributed by atoms with Gasteiger partial charge in [0.15, 0.2) is 0 Å². The third-order valence-electron chi connectivity index (χ3n) is 2.87. The minimum Gasteiger partial charge on any atom is -0.508 e. The highest BCUT2D eigenvalue weighted by Gasteiger charge is 2.34. The van der Waals surface area contributed by atoms with Crippen molar-refractivity contribution in [3.63, 3.8) is 0 Å².